The summed E-state index contributed by atoms with van der Waals surface area (Å²) in [4.78, 5) is 7.23. The van der Waals surface area contributed by atoms with Gasteiger partial charge in [0.15, 0.2) is 0 Å². The van der Waals surface area contributed by atoms with Crippen LogP contribution >= 0.6 is 0 Å². The average Bonchev–Trinajstić information content (AvgIpc) is 3.48. The first-order valence-electron chi connectivity index (χ1n) is 11.9. The molecular weight excluding hydrogens is 448 g/mol. The van der Waals surface area contributed by atoms with E-state index in [2.05, 4.69) is 41.3 Å². The lowest BCUT2D eigenvalue weighted by atomic mass is 10.0. The van der Waals surface area contributed by atoms with E-state index in [1.165, 1.54) is 31.5 Å². The van der Waals surface area contributed by atoms with Gasteiger partial charge in [-0.05, 0) is 60.8 Å². The molecule has 7 heteroatoms. The number of aromatic nitrogens is 2. The van der Waals surface area contributed by atoms with Crippen molar-refractivity contribution in [1.29, 1.82) is 0 Å². The molecule has 0 bridgehead atoms. The second kappa shape index (κ2) is 10.5. The smallest absolute Gasteiger partial charge is 0.387 e. The molecule has 2 heterocycles. The number of ether oxygens (including phenoxy) is 2. The van der Waals surface area contributed by atoms with Crippen LogP contribution in [0, 0.1) is 0 Å². The lowest BCUT2D eigenvalue weighted by Gasteiger charge is -2.15. The van der Waals surface area contributed by atoms with Gasteiger partial charge in [0.05, 0.1) is 17.6 Å². The summed E-state index contributed by atoms with van der Waals surface area (Å²) in [6, 6.07) is 21.8. The minimum atomic E-state index is -2.88. The average molecular weight is 478 g/mol. The highest BCUT2D eigenvalue weighted by molar-refractivity contribution is 5.83. The van der Waals surface area contributed by atoms with Crippen LogP contribution in [0.15, 0.2) is 66.7 Å². The summed E-state index contributed by atoms with van der Waals surface area (Å²) in [6.45, 7) is 1.12. The molecule has 4 aromatic rings. The Labute approximate surface area is 203 Å². The SMILES string of the molecule is COCc1nc2ccc(-c3ccc(CN4CCCC4)cc3)cc2n1Cc1ccccc1OC(F)F. The quantitative estimate of drug-likeness (QED) is 0.292. The van der Waals surface area contributed by atoms with Crippen LogP contribution in [0.3, 0.4) is 0 Å². The zero-order valence-electron chi connectivity index (χ0n) is 19.8. The molecule has 1 fully saturated rings. The summed E-state index contributed by atoms with van der Waals surface area (Å²) in [5.41, 5.74) is 5.93. The fourth-order valence-corrected chi connectivity index (χ4v) is 4.79. The molecule has 35 heavy (non-hydrogen) atoms. The molecule has 1 aromatic heterocycles. The number of nitrogens with zero attached hydrogens (tertiary/aromatic N) is 3. The molecule has 0 unspecified atom stereocenters. The van der Waals surface area contributed by atoms with Crippen LogP contribution in [0.25, 0.3) is 22.2 Å². The Bertz CT molecular complexity index is 1280. The summed E-state index contributed by atoms with van der Waals surface area (Å²) < 4.78 is 38.0. The monoisotopic (exact) mass is 477 g/mol. The Morgan fingerprint density at radius 1 is 0.914 bits per heavy atom. The molecule has 182 valence electrons. The maximum absolute atomic E-state index is 13.0. The number of hydrogen-bond acceptors (Lipinski definition) is 4. The molecule has 0 N–H and O–H groups in total. The van der Waals surface area contributed by atoms with Crippen LogP contribution in [-0.4, -0.2) is 41.3 Å². The minimum Gasteiger partial charge on any atom is -0.434 e. The Morgan fingerprint density at radius 3 is 2.40 bits per heavy atom. The molecule has 1 aliphatic rings. The molecule has 3 aromatic carbocycles. The number of alkyl halides is 2. The van der Waals surface area contributed by atoms with E-state index in [4.69, 9.17) is 14.5 Å². The summed E-state index contributed by atoms with van der Waals surface area (Å²) in [5, 5.41) is 0. The maximum atomic E-state index is 13.0. The second-order valence-electron chi connectivity index (χ2n) is 8.92. The number of rotatable bonds is 9. The van der Waals surface area contributed by atoms with Crippen LogP contribution in [0.2, 0.25) is 0 Å². The van der Waals surface area contributed by atoms with Gasteiger partial charge in [0.25, 0.3) is 0 Å². The molecule has 5 nitrogen and oxygen atoms in total. The van der Waals surface area contributed by atoms with Crippen molar-refractivity contribution in [2.75, 3.05) is 20.2 Å². The third kappa shape index (κ3) is 5.36. The molecule has 0 aliphatic carbocycles. The number of likely N-dealkylation sites (tertiary alicyclic amines) is 1. The third-order valence-corrected chi connectivity index (χ3v) is 6.51. The Morgan fingerprint density at radius 2 is 1.66 bits per heavy atom. The highest BCUT2D eigenvalue weighted by atomic mass is 19.3. The molecular formula is C28H29F2N3O2. The first-order valence-corrected chi connectivity index (χ1v) is 11.9. The van der Waals surface area contributed by atoms with Crippen molar-refractivity contribution >= 4 is 11.0 Å². The summed E-state index contributed by atoms with van der Waals surface area (Å²) in [6.07, 6.45) is 2.57. The van der Waals surface area contributed by atoms with Gasteiger partial charge in [-0.25, -0.2) is 4.98 Å². The fourth-order valence-electron chi connectivity index (χ4n) is 4.79. The molecule has 0 amide bonds. The molecule has 5 rings (SSSR count). The number of methoxy groups -OCH3 is 1. The number of para-hydroxylation sites is 1. The predicted octanol–water partition coefficient (Wildman–Crippen LogP) is 6.10. The first kappa shape index (κ1) is 23.5. The van der Waals surface area contributed by atoms with Gasteiger partial charge in [0.1, 0.15) is 18.2 Å². The number of halogens is 2. The van der Waals surface area contributed by atoms with E-state index < -0.39 is 6.61 Å². The number of imidazole rings is 1. The van der Waals surface area contributed by atoms with Crippen molar-refractivity contribution in [3.8, 4) is 16.9 Å². The summed E-state index contributed by atoms with van der Waals surface area (Å²) in [7, 11) is 1.62. The Kier molecular flexibility index (Phi) is 7.06. The zero-order chi connectivity index (χ0) is 24.2. The summed E-state index contributed by atoms with van der Waals surface area (Å²) >= 11 is 0. The van der Waals surface area contributed by atoms with Crippen LogP contribution in [0.1, 0.15) is 29.8 Å². The fraction of sp³-hybridized carbons (Fsp3) is 0.321. The van der Waals surface area contributed by atoms with Gasteiger partial charge >= 0.3 is 6.61 Å². The van der Waals surface area contributed by atoms with Gasteiger partial charge in [-0.3, -0.25) is 4.90 Å². The molecule has 1 saturated heterocycles. The highest BCUT2D eigenvalue weighted by Gasteiger charge is 2.16. The van der Waals surface area contributed by atoms with E-state index in [9.17, 15) is 8.78 Å². The molecule has 0 atom stereocenters. The molecule has 0 saturated carbocycles. The standard InChI is InChI=1S/C28H29F2N3O2/c1-34-19-27-31-24-13-12-22(21-10-8-20(9-11-21)17-32-14-4-5-15-32)16-25(24)33(27)18-23-6-2-3-7-26(23)35-28(29)30/h2-3,6-13,16,28H,4-5,14-15,17-19H2,1H3. The van der Waals surface area contributed by atoms with Gasteiger partial charge in [0, 0.05) is 19.2 Å². The highest BCUT2D eigenvalue weighted by Crippen LogP contribution is 2.29. The molecule has 1 aliphatic heterocycles. The van der Waals surface area contributed by atoms with Crippen LogP contribution < -0.4 is 4.74 Å². The first-order chi connectivity index (χ1) is 17.1. The van der Waals surface area contributed by atoms with Gasteiger partial charge < -0.3 is 14.0 Å². The molecule has 0 spiro atoms. The van der Waals surface area contributed by atoms with Crippen molar-refractivity contribution in [2.24, 2.45) is 0 Å². The van der Waals surface area contributed by atoms with Crippen LogP contribution in [0.4, 0.5) is 8.78 Å². The third-order valence-electron chi connectivity index (χ3n) is 6.51. The van der Waals surface area contributed by atoms with Crippen molar-refractivity contribution < 1.29 is 18.3 Å². The predicted molar refractivity (Wildman–Crippen MR) is 133 cm³/mol. The lowest BCUT2D eigenvalue weighted by Crippen LogP contribution is -2.18. The van der Waals surface area contributed by atoms with Crippen molar-refractivity contribution in [2.45, 2.75) is 39.1 Å². The minimum absolute atomic E-state index is 0.164. The maximum Gasteiger partial charge on any atom is 0.387 e. The van der Waals surface area contributed by atoms with Crippen molar-refractivity contribution in [3.05, 3.63) is 83.7 Å². The van der Waals surface area contributed by atoms with Gasteiger partial charge in [-0.2, -0.15) is 8.78 Å². The van der Waals surface area contributed by atoms with Crippen molar-refractivity contribution in [3.63, 3.8) is 0 Å². The zero-order valence-corrected chi connectivity index (χ0v) is 19.8. The summed E-state index contributed by atoms with van der Waals surface area (Å²) in [5.74, 6) is 0.893. The largest absolute Gasteiger partial charge is 0.434 e. The van der Waals surface area contributed by atoms with E-state index in [-0.39, 0.29) is 5.75 Å². The van der Waals surface area contributed by atoms with Gasteiger partial charge in [-0.1, -0.05) is 48.5 Å². The van der Waals surface area contributed by atoms with Crippen LogP contribution in [0.5, 0.6) is 5.75 Å². The van der Waals surface area contributed by atoms with E-state index in [0.29, 0.717) is 18.7 Å². The Balaban J connectivity index is 1.47. The van der Waals surface area contributed by atoms with E-state index in [1.54, 1.807) is 25.3 Å². The van der Waals surface area contributed by atoms with E-state index in [1.807, 2.05) is 16.7 Å². The van der Waals surface area contributed by atoms with Crippen molar-refractivity contribution in [1.82, 2.24) is 14.5 Å². The van der Waals surface area contributed by atoms with E-state index in [0.717, 1.165) is 34.5 Å². The number of fused-ring (bicyclic) bond motifs is 1. The Hall–Kier alpha value is -3.29. The lowest BCUT2D eigenvalue weighted by molar-refractivity contribution is -0.0504. The topological polar surface area (TPSA) is 39.5 Å². The normalized spacial score (nSPS) is 14.3. The van der Waals surface area contributed by atoms with Crippen LogP contribution in [-0.2, 0) is 24.4 Å². The van der Waals surface area contributed by atoms with Gasteiger partial charge in [0.2, 0.25) is 0 Å². The number of benzene rings is 3. The second-order valence-corrected chi connectivity index (χ2v) is 8.92. The number of hydrogen-bond donors (Lipinski definition) is 0. The van der Waals surface area contributed by atoms with Gasteiger partial charge in [-0.15, -0.1) is 0 Å². The molecule has 0 radical (unpaired) electrons. The van der Waals surface area contributed by atoms with E-state index >= 15 is 0 Å².